The van der Waals surface area contributed by atoms with Gasteiger partial charge in [0.1, 0.15) is 5.56 Å². The fourth-order valence-corrected chi connectivity index (χ4v) is 6.14. The van der Waals surface area contributed by atoms with Gasteiger partial charge in [0.05, 0.1) is 41.4 Å². The number of benzene rings is 2. The van der Waals surface area contributed by atoms with Gasteiger partial charge in [0.2, 0.25) is 15.9 Å². The Morgan fingerprint density at radius 1 is 1.21 bits per heavy atom. The number of carbonyl (C=O) groups is 2. The van der Waals surface area contributed by atoms with E-state index in [4.69, 9.17) is 4.74 Å². The van der Waals surface area contributed by atoms with E-state index in [0.29, 0.717) is 17.5 Å². The molecule has 0 radical (unpaired) electrons. The van der Waals surface area contributed by atoms with Crippen LogP contribution in [-0.2, 0) is 20.2 Å². The first kappa shape index (κ1) is 26.9. The zero-order valence-electron chi connectivity index (χ0n) is 22.4. The summed E-state index contributed by atoms with van der Waals surface area (Å²) >= 11 is 0. The smallest absolute Gasteiger partial charge is 0.339 e. The zero-order chi connectivity index (χ0) is 28.1. The molecule has 1 aliphatic carbocycles. The minimum absolute atomic E-state index is 0.0283. The van der Waals surface area contributed by atoms with Crippen molar-refractivity contribution in [2.45, 2.75) is 31.1 Å². The van der Waals surface area contributed by atoms with Gasteiger partial charge in [0.25, 0.3) is 0 Å². The molecule has 1 spiro atoms. The number of amides is 1. The van der Waals surface area contributed by atoms with Crippen LogP contribution in [-0.4, -0.2) is 75.8 Å². The number of nitrogens with zero attached hydrogens (tertiary/aromatic N) is 3. The Bertz CT molecular complexity index is 1600. The molecule has 206 valence electrons. The van der Waals surface area contributed by atoms with Gasteiger partial charge in [-0.15, -0.1) is 0 Å². The number of nitrogens with one attached hydrogen (secondary N) is 1. The van der Waals surface area contributed by atoms with Gasteiger partial charge in [-0.3, -0.25) is 14.5 Å². The van der Waals surface area contributed by atoms with Crippen LogP contribution >= 0.6 is 0 Å². The Labute approximate surface area is 227 Å². The van der Waals surface area contributed by atoms with E-state index in [-0.39, 0.29) is 29.5 Å². The first-order valence-corrected chi connectivity index (χ1v) is 14.7. The maximum atomic E-state index is 13.2. The molecule has 5 rings (SSSR count). The summed E-state index contributed by atoms with van der Waals surface area (Å²) in [4.78, 5) is 33.7. The number of hydrogen-bond acceptors (Lipinski definition) is 7. The van der Waals surface area contributed by atoms with Crippen LogP contribution in [0.15, 0.2) is 36.5 Å². The number of pyridine rings is 1. The number of carboxylic acids is 1. The van der Waals surface area contributed by atoms with Gasteiger partial charge in [-0.05, 0) is 68.8 Å². The van der Waals surface area contributed by atoms with Gasteiger partial charge in [-0.1, -0.05) is 12.5 Å². The number of sulfonamides is 1. The lowest BCUT2D eigenvalue weighted by Crippen LogP contribution is -2.43. The van der Waals surface area contributed by atoms with Gasteiger partial charge < -0.3 is 19.6 Å². The summed E-state index contributed by atoms with van der Waals surface area (Å²) in [5, 5.41) is 10.9. The largest absolute Gasteiger partial charge is 0.490 e. The van der Waals surface area contributed by atoms with Crippen molar-refractivity contribution in [3.8, 4) is 16.9 Å². The molecule has 2 heterocycles. The lowest BCUT2D eigenvalue weighted by molar-refractivity contribution is -0.125. The summed E-state index contributed by atoms with van der Waals surface area (Å²) in [5.41, 5.74) is 3.01. The zero-order valence-corrected chi connectivity index (χ0v) is 23.3. The molecule has 0 saturated heterocycles. The highest BCUT2D eigenvalue weighted by Crippen LogP contribution is 2.55. The quantitative estimate of drug-likeness (QED) is 0.385. The number of likely N-dealkylation sites (N-methyl/N-ethyl adjacent to an activating group) is 1. The summed E-state index contributed by atoms with van der Waals surface area (Å²) in [6.45, 7) is 0.942. The molecule has 1 saturated carbocycles. The molecule has 39 heavy (non-hydrogen) atoms. The Morgan fingerprint density at radius 2 is 1.95 bits per heavy atom. The Kier molecular flexibility index (Phi) is 6.76. The second kappa shape index (κ2) is 9.80. The van der Waals surface area contributed by atoms with Crippen molar-refractivity contribution in [2.75, 3.05) is 50.2 Å². The third-order valence-corrected chi connectivity index (χ3v) is 8.14. The molecule has 2 N–H and O–H groups in total. The van der Waals surface area contributed by atoms with Crippen LogP contribution in [0.25, 0.3) is 22.0 Å². The molecule has 2 aliphatic rings. The first-order chi connectivity index (χ1) is 18.4. The van der Waals surface area contributed by atoms with Crippen molar-refractivity contribution >= 4 is 44.2 Å². The van der Waals surface area contributed by atoms with E-state index in [1.54, 1.807) is 24.2 Å². The lowest BCUT2D eigenvalue weighted by Gasteiger charge is -2.37. The van der Waals surface area contributed by atoms with E-state index in [1.807, 2.05) is 37.2 Å². The van der Waals surface area contributed by atoms with Crippen molar-refractivity contribution in [1.29, 1.82) is 0 Å². The number of anilines is 2. The molecular weight excluding hydrogens is 520 g/mol. The fourth-order valence-electron chi connectivity index (χ4n) is 5.59. The summed E-state index contributed by atoms with van der Waals surface area (Å²) in [7, 11) is 1.87. The number of rotatable bonds is 9. The van der Waals surface area contributed by atoms with E-state index in [2.05, 4.69) is 9.71 Å². The topological polar surface area (TPSA) is 129 Å². The van der Waals surface area contributed by atoms with Gasteiger partial charge in [-0.25, -0.2) is 13.2 Å². The summed E-state index contributed by atoms with van der Waals surface area (Å²) in [6.07, 6.45) is 5.90. The maximum Gasteiger partial charge on any atom is 0.339 e. The summed E-state index contributed by atoms with van der Waals surface area (Å²) in [6, 6.07) is 8.65. The molecular formula is C28H32N4O6S. The van der Waals surface area contributed by atoms with Crippen LogP contribution < -0.4 is 14.4 Å². The van der Waals surface area contributed by atoms with Gasteiger partial charge in [0, 0.05) is 24.5 Å². The molecule has 11 heteroatoms. The van der Waals surface area contributed by atoms with Crippen LogP contribution in [0.2, 0.25) is 0 Å². The third kappa shape index (κ3) is 4.80. The van der Waals surface area contributed by atoms with Gasteiger partial charge in [-0.2, -0.15) is 0 Å². The second-order valence-corrected chi connectivity index (χ2v) is 12.4. The Hall–Kier alpha value is -3.70. The number of aromatic nitrogens is 1. The Balaban J connectivity index is 1.64. The van der Waals surface area contributed by atoms with E-state index in [0.717, 1.165) is 54.2 Å². The monoisotopic (exact) mass is 552 g/mol. The fraction of sp³-hybridized carbons (Fsp3) is 0.393. The minimum Gasteiger partial charge on any atom is -0.490 e. The molecule has 1 fully saturated rings. The second-order valence-electron chi connectivity index (χ2n) is 10.6. The molecule has 2 aromatic carbocycles. The number of aromatic carboxylic acids is 1. The van der Waals surface area contributed by atoms with Crippen molar-refractivity contribution < 1.29 is 27.9 Å². The molecule has 1 aliphatic heterocycles. The van der Waals surface area contributed by atoms with Crippen LogP contribution in [0.3, 0.4) is 0 Å². The van der Waals surface area contributed by atoms with E-state index in [9.17, 15) is 23.1 Å². The van der Waals surface area contributed by atoms with E-state index in [1.165, 1.54) is 6.07 Å². The third-order valence-electron chi connectivity index (χ3n) is 7.55. The highest BCUT2D eigenvalue weighted by Gasteiger charge is 2.54. The maximum absolute atomic E-state index is 13.2. The van der Waals surface area contributed by atoms with Crippen LogP contribution in [0, 0.1) is 0 Å². The number of fused-ring (bicyclic) bond motifs is 4. The molecule has 10 nitrogen and oxygen atoms in total. The highest BCUT2D eigenvalue weighted by atomic mass is 32.2. The molecule has 1 amide bonds. The summed E-state index contributed by atoms with van der Waals surface area (Å²) in [5.74, 6) is -1.19. The molecule has 1 aromatic heterocycles. The first-order valence-electron chi connectivity index (χ1n) is 12.8. The SMILES string of the molecule is CN(C)CCCOc1c(NS(C)(=O)=O)cc(-c2ccc3ncc4c(c3c2)C2(CCC2)C(=O)N4C)cc1C(=O)O. The van der Waals surface area contributed by atoms with E-state index >= 15 is 0 Å². The summed E-state index contributed by atoms with van der Waals surface area (Å²) < 4.78 is 32.7. The van der Waals surface area contributed by atoms with E-state index < -0.39 is 21.4 Å². The highest BCUT2D eigenvalue weighted by molar-refractivity contribution is 7.92. The average Bonchev–Trinajstić information content (AvgIpc) is 3.08. The molecule has 0 bridgehead atoms. The van der Waals surface area contributed by atoms with Crippen molar-refractivity contribution in [2.24, 2.45) is 0 Å². The van der Waals surface area contributed by atoms with Gasteiger partial charge >= 0.3 is 5.97 Å². The van der Waals surface area contributed by atoms with Gasteiger partial charge in [0.15, 0.2) is 5.75 Å². The number of carboxylic acid groups (broad SMARTS) is 1. The predicted molar refractivity (Wildman–Crippen MR) is 150 cm³/mol. The molecule has 0 unspecified atom stereocenters. The van der Waals surface area contributed by atoms with Crippen LogP contribution in [0.4, 0.5) is 11.4 Å². The molecule has 0 atom stereocenters. The normalized spacial score (nSPS) is 16.0. The van der Waals surface area contributed by atoms with Crippen LogP contribution in [0.1, 0.15) is 41.6 Å². The van der Waals surface area contributed by atoms with Crippen molar-refractivity contribution in [3.05, 3.63) is 47.7 Å². The lowest BCUT2D eigenvalue weighted by atomic mass is 9.64. The molecule has 3 aromatic rings. The van der Waals surface area contributed by atoms with Crippen molar-refractivity contribution in [3.63, 3.8) is 0 Å². The van der Waals surface area contributed by atoms with Crippen LogP contribution in [0.5, 0.6) is 5.75 Å². The standard InChI is InChI=1S/C28H32N4O6S/c1-31(2)11-6-12-38-25-20(26(33)34)14-18(15-22(25)30-39(4,36)37)17-7-8-21-19(13-17)24-23(16-29-21)32(3)27(35)28(24)9-5-10-28/h7-8,13-16,30H,5-6,9-12H2,1-4H3,(H,33,34). The number of hydrogen-bond donors (Lipinski definition) is 2. The predicted octanol–water partition coefficient (Wildman–Crippen LogP) is 3.70. The Morgan fingerprint density at radius 3 is 2.56 bits per heavy atom. The number of ether oxygens (including phenoxy) is 1. The minimum atomic E-state index is -3.74. The average molecular weight is 553 g/mol. The number of carbonyl (C=O) groups excluding carboxylic acids is 1. The van der Waals surface area contributed by atoms with Crippen molar-refractivity contribution in [1.82, 2.24) is 9.88 Å².